The molecule has 1 heterocycles. The Morgan fingerprint density at radius 1 is 1.39 bits per heavy atom. The number of nitrogens with one attached hydrogen (secondary N) is 2. The van der Waals surface area contributed by atoms with Crippen molar-refractivity contribution in [1.29, 1.82) is 0 Å². The van der Waals surface area contributed by atoms with Crippen LogP contribution in [0.3, 0.4) is 0 Å². The highest BCUT2D eigenvalue weighted by Gasteiger charge is 2.28. The zero-order valence-electron chi connectivity index (χ0n) is 13.2. The number of amides is 1. The number of hydrogen-bond acceptors (Lipinski definition) is 6. The zero-order valence-corrected chi connectivity index (χ0v) is 14.8. The fourth-order valence-corrected chi connectivity index (χ4v) is 3.86. The number of para-hydroxylation sites is 1. The highest BCUT2D eigenvalue weighted by Crippen LogP contribution is 2.32. The van der Waals surface area contributed by atoms with Gasteiger partial charge in [0.15, 0.2) is 4.34 Å². The average Bonchev–Trinajstić information content (AvgIpc) is 3.29. The molecule has 5 nitrogen and oxygen atoms in total. The maximum absolute atomic E-state index is 11.9. The van der Waals surface area contributed by atoms with Gasteiger partial charge in [-0.15, -0.1) is 10.2 Å². The summed E-state index contributed by atoms with van der Waals surface area (Å²) >= 11 is 2.90. The van der Waals surface area contributed by atoms with Crippen molar-refractivity contribution in [2.75, 3.05) is 11.1 Å². The van der Waals surface area contributed by atoms with Crippen LogP contribution in [0.5, 0.6) is 0 Å². The molecule has 0 bridgehead atoms. The van der Waals surface area contributed by atoms with Crippen LogP contribution in [0.4, 0.5) is 10.8 Å². The van der Waals surface area contributed by atoms with Crippen LogP contribution in [0.25, 0.3) is 0 Å². The number of anilines is 2. The number of benzene rings is 1. The second-order valence-corrected chi connectivity index (χ2v) is 8.00. The van der Waals surface area contributed by atoms with Crippen molar-refractivity contribution >= 4 is 39.8 Å². The van der Waals surface area contributed by atoms with E-state index in [9.17, 15) is 4.79 Å². The quantitative estimate of drug-likeness (QED) is 0.749. The summed E-state index contributed by atoms with van der Waals surface area (Å²) in [6.45, 7) is 4.12. The molecule has 1 fully saturated rings. The highest BCUT2D eigenvalue weighted by molar-refractivity contribution is 8.01. The van der Waals surface area contributed by atoms with Gasteiger partial charge in [0.1, 0.15) is 0 Å². The van der Waals surface area contributed by atoms with Crippen LogP contribution in [0, 0.1) is 12.8 Å². The van der Waals surface area contributed by atoms with Gasteiger partial charge in [-0.25, -0.2) is 0 Å². The number of hydrogen-bond donors (Lipinski definition) is 2. The van der Waals surface area contributed by atoms with E-state index in [4.69, 9.17) is 0 Å². The molecule has 1 saturated carbocycles. The monoisotopic (exact) mass is 348 g/mol. The molecule has 2 N–H and O–H groups in total. The summed E-state index contributed by atoms with van der Waals surface area (Å²) in [6.07, 6.45) is 2.47. The van der Waals surface area contributed by atoms with E-state index in [1.807, 2.05) is 31.2 Å². The molecule has 0 aliphatic heterocycles. The molecule has 0 radical (unpaired) electrons. The van der Waals surface area contributed by atoms with Crippen LogP contribution in [0.1, 0.15) is 25.3 Å². The van der Waals surface area contributed by atoms with Gasteiger partial charge < -0.3 is 10.6 Å². The van der Waals surface area contributed by atoms with Gasteiger partial charge in [0, 0.05) is 11.7 Å². The molecule has 0 spiro atoms. The van der Waals surface area contributed by atoms with Gasteiger partial charge in [-0.3, -0.25) is 4.79 Å². The van der Waals surface area contributed by atoms with E-state index in [2.05, 4.69) is 27.8 Å². The molecule has 1 aromatic carbocycles. The molecule has 2 aromatic rings. The molecular formula is C16H20N4OS2. The summed E-state index contributed by atoms with van der Waals surface area (Å²) in [7, 11) is 0. The molecule has 1 amide bonds. The molecule has 7 heteroatoms. The summed E-state index contributed by atoms with van der Waals surface area (Å²) in [4.78, 5) is 11.9. The number of rotatable bonds is 7. The van der Waals surface area contributed by atoms with Gasteiger partial charge in [0.2, 0.25) is 11.0 Å². The summed E-state index contributed by atoms with van der Waals surface area (Å²) in [5.74, 6) is 1.13. The normalized spacial score (nSPS) is 15.2. The van der Waals surface area contributed by atoms with Crippen LogP contribution in [-0.4, -0.2) is 27.9 Å². The molecule has 1 atom stereocenters. The van der Waals surface area contributed by atoms with Crippen molar-refractivity contribution in [3.63, 3.8) is 0 Å². The van der Waals surface area contributed by atoms with E-state index in [-0.39, 0.29) is 11.9 Å². The number of nitrogens with zero attached hydrogens (tertiary/aromatic N) is 2. The molecule has 3 rings (SSSR count). The third-order valence-electron chi connectivity index (χ3n) is 3.84. The molecule has 1 aliphatic carbocycles. The second kappa shape index (κ2) is 7.31. The minimum atomic E-state index is 0.0676. The van der Waals surface area contributed by atoms with E-state index < -0.39 is 0 Å². The van der Waals surface area contributed by atoms with Crippen molar-refractivity contribution < 1.29 is 4.79 Å². The lowest BCUT2D eigenvalue weighted by Gasteiger charge is -2.11. The number of carbonyl (C=O) groups excluding carboxylic acids is 1. The first-order valence-corrected chi connectivity index (χ1v) is 9.50. The second-order valence-electron chi connectivity index (χ2n) is 5.80. The Morgan fingerprint density at radius 3 is 2.91 bits per heavy atom. The minimum absolute atomic E-state index is 0.0676. The SMILES string of the molecule is Cc1ccccc1Nc1nnc(SCC(=O)N[C@H](C)C2CC2)s1. The first-order valence-electron chi connectivity index (χ1n) is 7.70. The Labute approximate surface area is 144 Å². The van der Waals surface area contributed by atoms with Crippen molar-refractivity contribution in [1.82, 2.24) is 15.5 Å². The Kier molecular flexibility index (Phi) is 5.17. The zero-order chi connectivity index (χ0) is 16.2. The van der Waals surface area contributed by atoms with E-state index in [0.717, 1.165) is 20.7 Å². The smallest absolute Gasteiger partial charge is 0.230 e. The first kappa shape index (κ1) is 16.3. The number of aryl methyl sites for hydroxylation is 1. The van der Waals surface area contributed by atoms with Gasteiger partial charge >= 0.3 is 0 Å². The van der Waals surface area contributed by atoms with Gasteiger partial charge in [0.05, 0.1) is 5.75 Å². The van der Waals surface area contributed by atoms with Crippen LogP contribution in [-0.2, 0) is 4.79 Å². The van der Waals surface area contributed by atoms with Gasteiger partial charge in [-0.2, -0.15) is 0 Å². The largest absolute Gasteiger partial charge is 0.353 e. The van der Waals surface area contributed by atoms with Crippen molar-refractivity contribution in [2.24, 2.45) is 5.92 Å². The van der Waals surface area contributed by atoms with Crippen LogP contribution in [0.15, 0.2) is 28.6 Å². The Bertz CT molecular complexity index is 684. The lowest BCUT2D eigenvalue weighted by molar-refractivity contribution is -0.119. The molecular weight excluding hydrogens is 328 g/mol. The molecule has 0 saturated heterocycles. The van der Waals surface area contributed by atoms with Crippen molar-refractivity contribution in [3.05, 3.63) is 29.8 Å². The summed E-state index contributed by atoms with van der Waals surface area (Å²) in [5, 5.41) is 15.3. The number of thioether (sulfide) groups is 1. The van der Waals surface area contributed by atoms with Crippen molar-refractivity contribution in [2.45, 2.75) is 37.1 Å². The fraction of sp³-hybridized carbons (Fsp3) is 0.438. The Balaban J connectivity index is 1.49. The van der Waals surface area contributed by atoms with Gasteiger partial charge in [-0.05, 0) is 44.2 Å². The van der Waals surface area contributed by atoms with Gasteiger partial charge in [-0.1, -0.05) is 41.3 Å². The van der Waals surface area contributed by atoms with E-state index in [0.29, 0.717) is 11.7 Å². The lowest BCUT2D eigenvalue weighted by Crippen LogP contribution is -2.35. The van der Waals surface area contributed by atoms with E-state index in [1.165, 1.54) is 35.9 Å². The summed E-state index contributed by atoms with van der Waals surface area (Å²) in [5.41, 5.74) is 2.18. The summed E-state index contributed by atoms with van der Waals surface area (Å²) < 4.78 is 0.801. The van der Waals surface area contributed by atoms with Crippen LogP contribution in [0.2, 0.25) is 0 Å². The van der Waals surface area contributed by atoms with Crippen LogP contribution >= 0.6 is 23.1 Å². The standard InChI is InChI=1S/C16H20N4OS2/c1-10-5-3-4-6-13(10)18-15-19-20-16(23-15)22-9-14(21)17-11(2)12-7-8-12/h3-6,11-12H,7-9H2,1-2H3,(H,17,21)(H,18,19)/t11-/m1/s1. The average molecular weight is 348 g/mol. The summed E-state index contributed by atoms with van der Waals surface area (Å²) in [6, 6.07) is 8.33. The third-order valence-corrected chi connectivity index (χ3v) is 5.81. The first-order chi connectivity index (χ1) is 11.1. The Morgan fingerprint density at radius 2 is 2.17 bits per heavy atom. The maximum Gasteiger partial charge on any atom is 0.230 e. The van der Waals surface area contributed by atoms with Gasteiger partial charge in [0.25, 0.3) is 0 Å². The molecule has 1 aliphatic rings. The molecule has 1 aromatic heterocycles. The molecule has 122 valence electrons. The predicted molar refractivity (Wildman–Crippen MR) is 95.4 cm³/mol. The number of carbonyl (C=O) groups is 1. The molecule has 23 heavy (non-hydrogen) atoms. The lowest BCUT2D eigenvalue weighted by atomic mass is 10.2. The fourth-order valence-electron chi connectivity index (χ4n) is 2.28. The maximum atomic E-state index is 11.9. The number of aromatic nitrogens is 2. The topological polar surface area (TPSA) is 66.9 Å². The Hall–Kier alpha value is -1.60. The third kappa shape index (κ3) is 4.68. The molecule has 0 unspecified atom stereocenters. The van der Waals surface area contributed by atoms with Crippen LogP contribution < -0.4 is 10.6 Å². The highest BCUT2D eigenvalue weighted by atomic mass is 32.2. The van der Waals surface area contributed by atoms with E-state index >= 15 is 0 Å². The minimum Gasteiger partial charge on any atom is -0.353 e. The van der Waals surface area contributed by atoms with E-state index in [1.54, 1.807) is 0 Å². The predicted octanol–water partition coefficient (Wildman–Crippen LogP) is 3.60. The van der Waals surface area contributed by atoms with Crippen molar-refractivity contribution in [3.8, 4) is 0 Å².